The van der Waals surface area contributed by atoms with Gasteiger partial charge in [0.1, 0.15) is 6.54 Å². The Labute approximate surface area is 92.1 Å². The van der Waals surface area contributed by atoms with Crippen LogP contribution >= 0.6 is 0 Å². The molecule has 82 valence electrons. The number of anilines is 1. The maximum Gasteiger partial charge on any atom is 0.322 e. The van der Waals surface area contributed by atoms with E-state index in [1.54, 1.807) is 0 Å². The summed E-state index contributed by atoms with van der Waals surface area (Å²) in [7, 11) is 0. The van der Waals surface area contributed by atoms with Crippen LogP contribution in [0.4, 0.5) is 5.82 Å². The number of carboxylic acid groups (broad SMARTS) is 1. The van der Waals surface area contributed by atoms with Crippen LogP contribution in [0.25, 0.3) is 10.8 Å². The molecule has 0 aliphatic heterocycles. The highest BCUT2D eigenvalue weighted by Gasteiger charge is 2.06. The lowest BCUT2D eigenvalue weighted by atomic mass is 10.1. The molecule has 0 aliphatic rings. The van der Waals surface area contributed by atoms with E-state index in [1.165, 1.54) is 0 Å². The maximum absolute atomic E-state index is 10.5. The number of fused-ring (bicyclic) bond motifs is 1. The molecule has 16 heavy (non-hydrogen) atoms. The van der Waals surface area contributed by atoms with E-state index in [2.05, 4.69) is 15.5 Å². The zero-order chi connectivity index (χ0) is 11.5. The fraction of sp³-hybridized carbons (Fsp3) is 0.182. The fourth-order valence-corrected chi connectivity index (χ4v) is 1.53. The summed E-state index contributed by atoms with van der Waals surface area (Å²) in [6, 6.07) is 7.62. The van der Waals surface area contributed by atoms with E-state index in [1.807, 2.05) is 31.2 Å². The van der Waals surface area contributed by atoms with Gasteiger partial charge in [0.15, 0.2) is 5.82 Å². The molecule has 2 N–H and O–H groups in total. The van der Waals surface area contributed by atoms with E-state index >= 15 is 0 Å². The monoisotopic (exact) mass is 217 g/mol. The summed E-state index contributed by atoms with van der Waals surface area (Å²) < 4.78 is 0. The second-order valence-electron chi connectivity index (χ2n) is 3.43. The Morgan fingerprint density at radius 3 is 2.69 bits per heavy atom. The third-order valence-corrected chi connectivity index (χ3v) is 2.28. The van der Waals surface area contributed by atoms with E-state index < -0.39 is 5.97 Å². The first-order valence-corrected chi connectivity index (χ1v) is 4.86. The molecule has 0 fully saturated rings. The van der Waals surface area contributed by atoms with Gasteiger partial charge in [0.2, 0.25) is 0 Å². The Balaban J connectivity index is 2.46. The molecule has 5 nitrogen and oxygen atoms in total. The Bertz CT molecular complexity index is 540. The number of aromatic nitrogens is 2. The number of hydrogen-bond acceptors (Lipinski definition) is 4. The van der Waals surface area contributed by atoms with Crippen molar-refractivity contribution in [2.24, 2.45) is 0 Å². The summed E-state index contributed by atoms with van der Waals surface area (Å²) in [5, 5.41) is 21.1. The SMILES string of the molecule is Cc1nnc(NCC(=O)O)c2ccccc12. The molecule has 0 aliphatic carbocycles. The summed E-state index contributed by atoms with van der Waals surface area (Å²) in [5.74, 6) is -0.421. The number of nitrogens with zero attached hydrogens (tertiary/aromatic N) is 2. The Morgan fingerprint density at radius 1 is 1.31 bits per heavy atom. The molecule has 1 aromatic carbocycles. The van der Waals surface area contributed by atoms with Gasteiger partial charge in [0.25, 0.3) is 0 Å². The van der Waals surface area contributed by atoms with Gasteiger partial charge >= 0.3 is 5.97 Å². The zero-order valence-corrected chi connectivity index (χ0v) is 8.77. The van der Waals surface area contributed by atoms with Crippen molar-refractivity contribution in [3.63, 3.8) is 0 Å². The zero-order valence-electron chi connectivity index (χ0n) is 8.77. The van der Waals surface area contributed by atoms with Crippen LogP contribution in [0.5, 0.6) is 0 Å². The Morgan fingerprint density at radius 2 is 2.00 bits per heavy atom. The summed E-state index contributed by atoms with van der Waals surface area (Å²) in [6.45, 7) is 1.71. The lowest BCUT2D eigenvalue weighted by molar-refractivity contribution is -0.134. The van der Waals surface area contributed by atoms with Crippen LogP contribution in [0.1, 0.15) is 5.69 Å². The molecule has 1 aromatic heterocycles. The molecule has 5 heteroatoms. The van der Waals surface area contributed by atoms with Crippen molar-refractivity contribution in [3.8, 4) is 0 Å². The standard InChI is InChI=1S/C11H11N3O2/c1-7-8-4-2-3-5-9(8)11(14-13-7)12-6-10(15)16/h2-5H,6H2,1H3,(H,12,14)(H,15,16). The molecular formula is C11H11N3O2. The van der Waals surface area contributed by atoms with E-state index in [4.69, 9.17) is 5.11 Å². The van der Waals surface area contributed by atoms with Crippen molar-refractivity contribution < 1.29 is 9.90 Å². The van der Waals surface area contributed by atoms with Crippen LogP contribution in [0.2, 0.25) is 0 Å². The molecule has 2 aromatic rings. The Kier molecular flexibility index (Phi) is 2.68. The van der Waals surface area contributed by atoms with Crippen LogP contribution in [-0.4, -0.2) is 27.8 Å². The third-order valence-electron chi connectivity index (χ3n) is 2.28. The molecule has 0 spiro atoms. The number of carboxylic acids is 1. The summed E-state index contributed by atoms with van der Waals surface area (Å²) in [5.41, 5.74) is 0.830. The van der Waals surface area contributed by atoms with E-state index in [9.17, 15) is 4.79 Å². The predicted molar refractivity (Wildman–Crippen MR) is 60.4 cm³/mol. The molecule has 0 saturated heterocycles. The molecule has 0 saturated carbocycles. The number of aryl methyl sites for hydroxylation is 1. The van der Waals surface area contributed by atoms with Crippen molar-refractivity contribution in [1.29, 1.82) is 0 Å². The smallest absolute Gasteiger partial charge is 0.322 e. The first-order valence-electron chi connectivity index (χ1n) is 4.86. The van der Waals surface area contributed by atoms with Gasteiger partial charge < -0.3 is 10.4 Å². The van der Waals surface area contributed by atoms with Gasteiger partial charge in [-0.2, -0.15) is 5.10 Å². The van der Waals surface area contributed by atoms with Gasteiger partial charge in [-0.15, -0.1) is 5.10 Å². The summed E-state index contributed by atoms with van der Waals surface area (Å²) in [6.07, 6.45) is 0. The van der Waals surface area contributed by atoms with Gasteiger partial charge in [-0.1, -0.05) is 24.3 Å². The molecule has 0 bridgehead atoms. The average Bonchev–Trinajstić information content (AvgIpc) is 2.28. The molecule has 0 amide bonds. The number of hydrogen-bond donors (Lipinski definition) is 2. The van der Waals surface area contributed by atoms with Gasteiger partial charge in [0, 0.05) is 10.8 Å². The number of carbonyl (C=O) groups is 1. The number of aliphatic carboxylic acids is 1. The van der Waals surface area contributed by atoms with E-state index in [-0.39, 0.29) is 6.54 Å². The summed E-state index contributed by atoms with van der Waals surface area (Å²) in [4.78, 5) is 10.5. The van der Waals surface area contributed by atoms with Crippen molar-refractivity contribution in [2.75, 3.05) is 11.9 Å². The second kappa shape index (κ2) is 4.14. The first kappa shape index (κ1) is 10.4. The quantitative estimate of drug-likeness (QED) is 0.813. The largest absolute Gasteiger partial charge is 0.480 e. The lowest BCUT2D eigenvalue weighted by Gasteiger charge is -2.07. The molecule has 2 rings (SSSR count). The van der Waals surface area contributed by atoms with Gasteiger partial charge in [-0.25, -0.2) is 0 Å². The maximum atomic E-state index is 10.5. The minimum atomic E-state index is -0.925. The fourth-order valence-electron chi connectivity index (χ4n) is 1.53. The molecule has 0 radical (unpaired) electrons. The highest BCUT2D eigenvalue weighted by atomic mass is 16.4. The Hall–Kier alpha value is -2.17. The van der Waals surface area contributed by atoms with Crippen LogP contribution in [0.3, 0.4) is 0 Å². The van der Waals surface area contributed by atoms with Crippen molar-refractivity contribution in [1.82, 2.24) is 10.2 Å². The molecule has 1 heterocycles. The van der Waals surface area contributed by atoms with Crippen LogP contribution < -0.4 is 5.32 Å². The first-order chi connectivity index (χ1) is 7.68. The average molecular weight is 217 g/mol. The normalized spacial score (nSPS) is 10.3. The van der Waals surface area contributed by atoms with E-state index in [0.717, 1.165) is 16.5 Å². The van der Waals surface area contributed by atoms with Gasteiger partial charge in [-0.05, 0) is 6.92 Å². The van der Waals surface area contributed by atoms with Crippen LogP contribution in [-0.2, 0) is 4.79 Å². The van der Waals surface area contributed by atoms with Crippen molar-refractivity contribution >= 4 is 22.6 Å². The minimum absolute atomic E-state index is 0.165. The van der Waals surface area contributed by atoms with E-state index in [0.29, 0.717) is 5.82 Å². The summed E-state index contributed by atoms with van der Waals surface area (Å²) >= 11 is 0. The highest BCUT2D eigenvalue weighted by Crippen LogP contribution is 2.21. The van der Waals surface area contributed by atoms with Crippen LogP contribution in [0.15, 0.2) is 24.3 Å². The van der Waals surface area contributed by atoms with Crippen molar-refractivity contribution in [2.45, 2.75) is 6.92 Å². The lowest BCUT2D eigenvalue weighted by Crippen LogP contribution is -2.14. The molecule has 0 unspecified atom stereocenters. The van der Waals surface area contributed by atoms with Gasteiger partial charge in [0.05, 0.1) is 5.69 Å². The number of rotatable bonds is 3. The predicted octanol–water partition coefficient (Wildman–Crippen LogP) is 1.43. The van der Waals surface area contributed by atoms with Crippen molar-refractivity contribution in [3.05, 3.63) is 30.0 Å². The molecule has 0 atom stereocenters. The number of benzene rings is 1. The van der Waals surface area contributed by atoms with Gasteiger partial charge in [-0.3, -0.25) is 4.79 Å². The number of nitrogens with one attached hydrogen (secondary N) is 1. The van der Waals surface area contributed by atoms with Crippen LogP contribution in [0, 0.1) is 6.92 Å². The minimum Gasteiger partial charge on any atom is -0.480 e. The molecular weight excluding hydrogens is 206 g/mol. The third kappa shape index (κ3) is 1.93. The second-order valence-corrected chi connectivity index (χ2v) is 3.43. The topological polar surface area (TPSA) is 75.1 Å². The highest BCUT2D eigenvalue weighted by molar-refractivity contribution is 5.93.